The second-order valence-electron chi connectivity index (χ2n) is 5.81. The number of hydrogen-bond donors (Lipinski definition) is 2. The molecular formula is C18H22N2OS. The second kappa shape index (κ2) is 7.07. The van der Waals surface area contributed by atoms with Crippen LogP contribution in [-0.2, 0) is 6.42 Å². The Balaban J connectivity index is 1.63. The summed E-state index contributed by atoms with van der Waals surface area (Å²) in [5.74, 6) is 0.512. The highest BCUT2D eigenvalue weighted by atomic mass is 32.1. The molecular weight excluding hydrogens is 292 g/mol. The summed E-state index contributed by atoms with van der Waals surface area (Å²) < 4.78 is 0. The van der Waals surface area contributed by atoms with Gasteiger partial charge in [-0.1, -0.05) is 18.2 Å². The van der Waals surface area contributed by atoms with E-state index in [1.165, 1.54) is 16.0 Å². The predicted molar refractivity (Wildman–Crippen MR) is 91.8 cm³/mol. The first-order chi connectivity index (χ1) is 10.8. The van der Waals surface area contributed by atoms with Gasteiger partial charge in [0, 0.05) is 23.5 Å². The van der Waals surface area contributed by atoms with Gasteiger partial charge < -0.3 is 10.6 Å². The van der Waals surface area contributed by atoms with Crippen molar-refractivity contribution >= 4 is 17.2 Å². The Morgan fingerprint density at radius 3 is 2.95 bits per heavy atom. The summed E-state index contributed by atoms with van der Waals surface area (Å²) in [5.41, 5.74) is 3.33. The van der Waals surface area contributed by atoms with Gasteiger partial charge in [-0.25, -0.2) is 0 Å². The van der Waals surface area contributed by atoms with Crippen molar-refractivity contribution in [2.45, 2.75) is 25.7 Å². The highest BCUT2D eigenvalue weighted by Gasteiger charge is 2.21. The van der Waals surface area contributed by atoms with Gasteiger partial charge in [-0.3, -0.25) is 4.79 Å². The fourth-order valence-electron chi connectivity index (χ4n) is 3.02. The Morgan fingerprint density at radius 2 is 2.23 bits per heavy atom. The minimum Gasteiger partial charge on any atom is -0.352 e. The SMILES string of the molecule is Cc1ccsc1CCNC(=O)c1ccccc1C1CCNC1. The molecule has 3 rings (SSSR count). The first-order valence-corrected chi connectivity index (χ1v) is 8.74. The zero-order chi connectivity index (χ0) is 15.4. The van der Waals surface area contributed by atoms with Gasteiger partial charge in [0.1, 0.15) is 0 Å². The van der Waals surface area contributed by atoms with E-state index < -0.39 is 0 Å². The normalized spacial score (nSPS) is 17.6. The Bertz CT molecular complexity index is 644. The molecule has 1 aliphatic heterocycles. The maximum absolute atomic E-state index is 12.5. The van der Waals surface area contributed by atoms with Gasteiger partial charge in [0.15, 0.2) is 0 Å². The molecule has 3 nitrogen and oxygen atoms in total. The standard InChI is InChI=1S/C18H22N2OS/c1-13-8-11-22-17(13)7-10-20-18(21)16-5-3-2-4-15(16)14-6-9-19-12-14/h2-5,8,11,14,19H,6-7,9-10,12H2,1H3,(H,20,21). The third kappa shape index (κ3) is 3.39. The van der Waals surface area contributed by atoms with Gasteiger partial charge in [-0.2, -0.15) is 0 Å². The van der Waals surface area contributed by atoms with E-state index in [1.54, 1.807) is 11.3 Å². The van der Waals surface area contributed by atoms with Crippen molar-refractivity contribution in [3.8, 4) is 0 Å². The molecule has 4 heteroatoms. The lowest BCUT2D eigenvalue weighted by atomic mass is 9.93. The summed E-state index contributed by atoms with van der Waals surface area (Å²) >= 11 is 1.76. The number of rotatable bonds is 5. The van der Waals surface area contributed by atoms with Gasteiger partial charge >= 0.3 is 0 Å². The minimum atomic E-state index is 0.0525. The van der Waals surface area contributed by atoms with Gasteiger partial charge in [0.2, 0.25) is 0 Å². The molecule has 1 aromatic carbocycles. The smallest absolute Gasteiger partial charge is 0.251 e. The number of benzene rings is 1. The molecule has 2 N–H and O–H groups in total. The van der Waals surface area contributed by atoms with E-state index in [1.807, 2.05) is 18.2 Å². The number of hydrogen-bond acceptors (Lipinski definition) is 3. The van der Waals surface area contributed by atoms with E-state index in [2.05, 4.69) is 35.1 Å². The van der Waals surface area contributed by atoms with E-state index in [0.717, 1.165) is 31.5 Å². The topological polar surface area (TPSA) is 41.1 Å². The molecule has 1 saturated heterocycles. The van der Waals surface area contributed by atoms with Crippen LogP contribution in [0.5, 0.6) is 0 Å². The van der Waals surface area contributed by atoms with E-state index >= 15 is 0 Å². The van der Waals surface area contributed by atoms with Gasteiger partial charge in [-0.05, 0) is 60.9 Å². The second-order valence-corrected chi connectivity index (χ2v) is 6.81. The summed E-state index contributed by atoms with van der Waals surface area (Å²) in [5, 5.41) is 8.56. The zero-order valence-corrected chi connectivity index (χ0v) is 13.7. The number of nitrogens with one attached hydrogen (secondary N) is 2. The number of carbonyl (C=O) groups is 1. The molecule has 1 fully saturated rings. The van der Waals surface area contributed by atoms with Crippen LogP contribution in [0.1, 0.15) is 38.7 Å². The molecule has 2 heterocycles. The van der Waals surface area contributed by atoms with Crippen molar-refractivity contribution in [1.82, 2.24) is 10.6 Å². The first kappa shape index (κ1) is 15.3. The largest absolute Gasteiger partial charge is 0.352 e. The average molecular weight is 314 g/mol. The lowest BCUT2D eigenvalue weighted by Crippen LogP contribution is -2.27. The maximum atomic E-state index is 12.5. The van der Waals surface area contributed by atoms with E-state index in [4.69, 9.17) is 0 Å². The van der Waals surface area contributed by atoms with E-state index in [-0.39, 0.29) is 5.91 Å². The van der Waals surface area contributed by atoms with Crippen LogP contribution < -0.4 is 10.6 Å². The quantitative estimate of drug-likeness (QED) is 0.890. The number of amides is 1. The summed E-state index contributed by atoms with van der Waals surface area (Å²) in [6.07, 6.45) is 2.01. The van der Waals surface area contributed by atoms with E-state index in [9.17, 15) is 4.79 Å². The summed E-state index contributed by atoms with van der Waals surface area (Å²) in [6, 6.07) is 10.1. The molecule has 1 atom stereocenters. The minimum absolute atomic E-state index is 0.0525. The monoisotopic (exact) mass is 314 g/mol. The molecule has 0 spiro atoms. The fourth-order valence-corrected chi connectivity index (χ4v) is 3.94. The molecule has 1 aliphatic rings. The fraction of sp³-hybridized carbons (Fsp3) is 0.389. The van der Waals surface area contributed by atoms with Crippen molar-refractivity contribution in [1.29, 1.82) is 0 Å². The summed E-state index contributed by atoms with van der Waals surface area (Å²) in [6.45, 7) is 4.82. The molecule has 0 radical (unpaired) electrons. The maximum Gasteiger partial charge on any atom is 0.251 e. The Hall–Kier alpha value is -1.65. The summed E-state index contributed by atoms with van der Waals surface area (Å²) in [4.78, 5) is 13.9. The van der Waals surface area contributed by atoms with Crippen LogP contribution in [0.25, 0.3) is 0 Å². The Labute approximate surface area is 135 Å². The number of aryl methyl sites for hydroxylation is 1. The van der Waals surface area contributed by atoms with Crippen molar-refractivity contribution in [2.75, 3.05) is 19.6 Å². The van der Waals surface area contributed by atoms with Crippen molar-refractivity contribution in [3.05, 3.63) is 57.3 Å². The molecule has 116 valence electrons. The molecule has 1 amide bonds. The van der Waals surface area contributed by atoms with Crippen LogP contribution in [0.4, 0.5) is 0 Å². The molecule has 1 unspecified atom stereocenters. The van der Waals surface area contributed by atoms with Crippen molar-refractivity contribution in [3.63, 3.8) is 0 Å². The number of thiophene rings is 1. The lowest BCUT2D eigenvalue weighted by Gasteiger charge is -2.14. The Kier molecular flexibility index (Phi) is 4.90. The van der Waals surface area contributed by atoms with E-state index in [0.29, 0.717) is 12.5 Å². The van der Waals surface area contributed by atoms with Crippen molar-refractivity contribution < 1.29 is 4.79 Å². The Morgan fingerprint density at radius 1 is 1.36 bits per heavy atom. The highest BCUT2D eigenvalue weighted by Crippen LogP contribution is 2.25. The van der Waals surface area contributed by atoms with Crippen LogP contribution in [0.15, 0.2) is 35.7 Å². The molecule has 22 heavy (non-hydrogen) atoms. The molecule has 0 saturated carbocycles. The zero-order valence-electron chi connectivity index (χ0n) is 12.9. The van der Waals surface area contributed by atoms with Crippen molar-refractivity contribution in [2.24, 2.45) is 0 Å². The predicted octanol–water partition coefficient (Wildman–Crippen LogP) is 3.11. The van der Waals surface area contributed by atoms with Crippen LogP contribution in [0, 0.1) is 6.92 Å². The molecule has 0 bridgehead atoms. The molecule has 0 aliphatic carbocycles. The average Bonchev–Trinajstić information content (AvgIpc) is 3.19. The summed E-state index contributed by atoms with van der Waals surface area (Å²) in [7, 11) is 0. The molecule has 1 aromatic heterocycles. The van der Waals surface area contributed by atoms with Crippen LogP contribution in [-0.4, -0.2) is 25.5 Å². The molecule has 2 aromatic rings. The third-order valence-corrected chi connectivity index (χ3v) is 5.39. The highest BCUT2D eigenvalue weighted by molar-refractivity contribution is 7.10. The van der Waals surface area contributed by atoms with Crippen LogP contribution >= 0.6 is 11.3 Å². The third-order valence-electron chi connectivity index (χ3n) is 4.31. The number of carbonyl (C=O) groups excluding carboxylic acids is 1. The van der Waals surface area contributed by atoms with Gasteiger partial charge in [0.25, 0.3) is 5.91 Å². The van der Waals surface area contributed by atoms with Crippen LogP contribution in [0.3, 0.4) is 0 Å². The van der Waals surface area contributed by atoms with Gasteiger partial charge in [0.05, 0.1) is 0 Å². The lowest BCUT2D eigenvalue weighted by molar-refractivity contribution is 0.0953. The van der Waals surface area contributed by atoms with Gasteiger partial charge in [-0.15, -0.1) is 11.3 Å². The first-order valence-electron chi connectivity index (χ1n) is 7.86. The van der Waals surface area contributed by atoms with Crippen LogP contribution in [0.2, 0.25) is 0 Å².